The Kier molecular flexibility index (Phi) is 4.05. The Hall–Kier alpha value is -0.980. The Morgan fingerprint density at radius 2 is 2.20 bits per heavy atom. The average Bonchev–Trinajstić information content (AvgIpc) is 2.96. The van der Waals surface area contributed by atoms with Gasteiger partial charge in [-0.2, -0.15) is 0 Å². The molecule has 0 aliphatic carbocycles. The predicted octanol–water partition coefficient (Wildman–Crippen LogP) is 1.81. The molecule has 2 aliphatic rings. The Morgan fingerprint density at radius 1 is 1.50 bits per heavy atom. The van der Waals surface area contributed by atoms with Crippen molar-refractivity contribution in [2.75, 3.05) is 6.61 Å². The molecule has 0 aromatic carbocycles. The fourth-order valence-corrected chi connectivity index (χ4v) is 4.06. The quantitative estimate of drug-likeness (QED) is 0.859. The molecule has 2 fully saturated rings. The molecule has 20 heavy (non-hydrogen) atoms. The van der Waals surface area contributed by atoms with Gasteiger partial charge in [0.05, 0.1) is 18.4 Å². The van der Waals surface area contributed by atoms with Crippen molar-refractivity contribution in [1.82, 2.24) is 9.88 Å². The predicted molar refractivity (Wildman–Crippen MR) is 75.7 cm³/mol. The third-order valence-corrected chi connectivity index (χ3v) is 5.08. The molecule has 0 spiro atoms. The van der Waals surface area contributed by atoms with Crippen LogP contribution >= 0.6 is 11.3 Å². The highest BCUT2D eigenvalue weighted by Crippen LogP contribution is 2.36. The van der Waals surface area contributed by atoms with Gasteiger partial charge < -0.3 is 9.84 Å². The van der Waals surface area contributed by atoms with Crippen molar-refractivity contribution in [3.05, 3.63) is 16.1 Å². The van der Waals surface area contributed by atoms with Gasteiger partial charge in [-0.1, -0.05) is 0 Å². The topological polar surface area (TPSA) is 62.7 Å². The number of ether oxygens (including phenoxy) is 1. The summed E-state index contributed by atoms with van der Waals surface area (Å²) in [5.74, 6) is -0.333. The molecule has 0 amide bonds. The molecule has 2 aliphatic heterocycles. The normalized spacial score (nSPS) is 29.6. The van der Waals surface area contributed by atoms with Crippen LogP contribution in [0.15, 0.2) is 5.38 Å². The molecule has 3 rings (SSSR count). The Labute approximate surface area is 122 Å². The van der Waals surface area contributed by atoms with Crippen molar-refractivity contribution in [1.29, 1.82) is 0 Å². The number of rotatable bonds is 4. The first-order valence-electron chi connectivity index (χ1n) is 7.22. The van der Waals surface area contributed by atoms with Crippen LogP contribution in [0.2, 0.25) is 0 Å². The minimum atomic E-state index is -0.333. The van der Waals surface area contributed by atoms with Crippen LogP contribution in [-0.4, -0.2) is 45.8 Å². The van der Waals surface area contributed by atoms with Gasteiger partial charge in [0.2, 0.25) is 5.01 Å². The standard InChI is InChI=1S/C14H20N2O3S/c1-2-19-14(18)13-15-9(8-20-13)7-16-10-3-4-11(16)6-12(17)5-10/h8,10-12,17H,2-7H2,1H3. The van der Waals surface area contributed by atoms with Gasteiger partial charge in [-0.3, -0.25) is 4.90 Å². The number of hydrogen-bond donors (Lipinski definition) is 1. The number of fused-ring (bicyclic) bond motifs is 2. The fraction of sp³-hybridized carbons (Fsp3) is 0.714. The van der Waals surface area contributed by atoms with Gasteiger partial charge in [0.15, 0.2) is 0 Å². The number of piperidine rings is 1. The lowest BCUT2D eigenvalue weighted by Crippen LogP contribution is -2.44. The summed E-state index contributed by atoms with van der Waals surface area (Å²) in [5.41, 5.74) is 0.936. The van der Waals surface area contributed by atoms with Crippen molar-refractivity contribution in [2.45, 2.75) is 57.3 Å². The summed E-state index contributed by atoms with van der Waals surface area (Å²) in [4.78, 5) is 18.4. The summed E-state index contributed by atoms with van der Waals surface area (Å²) in [7, 11) is 0. The smallest absolute Gasteiger partial charge is 0.367 e. The van der Waals surface area contributed by atoms with Crippen LogP contribution in [0.3, 0.4) is 0 Å². The summed E-state index contributed by atoms with van der Waals surface area (Å²) in [6, 6.07) is 0.938. The first kappa shape index (κ1) is 14.0. The molecule has 2 atom stereocenters. The largest absolute Gasteiger partial charge is 0.461 e. The van der Waals surface area contributed by atoms with Crippen molar-refractivity contribution in [2.24, 2.45) is 0 Å². The van der Waals surface area contributed by atoms with Gasteiger partial charge >= 0.3 is 5.97 Å². The average molecular weight is 296 g/mol. The van der Waals surface area contributed by atoms with E-state index >= 15 is 0 Å². The Morgan fingerprint density at radius 3 is 2.85 bits per heavy atom. The number of carbonyl (C=O) groups excluding carboxylic acids is 1. The third kappa shape index (κ3) is 2.73. The molecule has 2 saturated heterocycles. The SMILES string of the molecule is CCOC(=O)c1nc(CN2C3CCC2CC(O)C3)cs1. The summed E-state index contributed by atoms with van der Waals surface area (Å²) in [6.07, 6.45) is 3.92. The molecule has 1 aromatic heterocycles. The van der Waals surface area contributed by atoms with E-state index in [1.165, 1.54) is 11.3 Å². The van der Waals surface area contributed by atoms with Crippen LogP contribution in [0.25, 0.3) is 0 Å². The highest BCUT2D eigenvalue weighted by atomic mass is 32.1. The summed E-state index contributed by atoms with van der Waals surface area (Å²) in [6.45, 7) is 2.95. The Bertz CT molecular complexity index is 477. The lowest BCUT2D eigenvalue weighted by Gasteiger charge is -2.36. The first-order valence-corrected chi connectivity index (χ1v) is 8.10. The van der Waals surface area contributed by atoms with Crippen molar-refractivity contribution >= 4 is 17.3 Å². The number of aliphatic hydroxyl groups is 1. The van der Waals surface area contributed by atoms with Crippen LogP contribution in [0.1, 0.15) is 48.1 Å². The number of hydrogen-bond acceptors (Lipinski definition) is 6. The van der Waals surface area contributed by atoms with E-state index in [-0.39, 0.29) is 12.1 Å². The molecule has 5 nitrogen and oxygen atoms in total. The zero-order valence-corrected chi connectivity index (χ0v) is 12.4. The van der Waals surface area contributed by atoms with E-state index in [1.54, 1.807) is 6.92 Å². The second-order valence-electron chi connectivity index (χ2n) is 5.55. The summed E-state index contributed by atoms with van der Waals surface area (Å²) >= 11 is 1.35. The van der Waals surface area contributed by atoms with Crippen LogP contribution in [0, 0.1) is 0 Å². The number of nitrogens with zero attached hydrogens (tertiary/aromatic N) is 2. The molecule has 1 aromatic rings. The minimum Gasteiger partial charge on any atom is -0.461 e. The summed E-state index contributed by atoms with van der Waals surface area (Å²) in [5, 5.41) is 12.2. The number of esters is 1. The van der Waals surface area contributed by atoms with Gasteiger partial charge in [-0.15, -0.1) is 11.3 Å². The molecule has 3 heterocycles. The van der Waals surface area contributed by atoms with E-state index in [1.807, 2.05) is 5.38 Å². The van der Waals surface area contributed by atoms with Crippen LogP contribution in [0.5, 0.6) is 0 Å². The molecule has 0 radical (unpaired) electrons. The van der Waals surface area contributed by atoms with Gasteiger partial charge in [0, 0.05) is 24.0 Å². The number of aliphatic hydroxyl groups excluding tert-OH is 1. The van der Waals surface area contributed by atoms with Crippen LogP contribution < -0.4 is 0 Å². The van der Waals surface area contributed by atoms with Crippen molar-refractivity contribution < 1.29 is 14.6 Å². The van der Waals surface area contributed by atoms with E-state index in [0.29, 0.717) is 23.7 Å². The fourth-order valence-electron chi connectivity index (χ4n) is 3.36. The Balaban J connectivity index is 1.65. The maximum atomic E-state index is 11.6. The van der Waals surface area contributed by atoms with Crippen molar-refractivity contribution in [3.63, 3.8) is 0 Å². The highest BCUT2D eigenvalue weighted by Gasteiger charge is 2.40. The molecule has 1 N–H and O–H groups in total. The van der Waals surface area contributed by atoms with E-state index < -0.39 is 0 Å². The maximum Gasteiger partial charge on any atom is 0.367 e. The summed E-state index contributed by atoms with van der Waals surface area (Å²) < 4.78 is 4.96. The maximum absolute atomic E-state index is 11.6. The second kappa shape index (κ2) is 5.79. The second-order valence-corrected chi connectivity index (χ2v) is 6.41. The van der Waals surface area contributed by atoms with E-state index in [4.69, 9.17) is 4.74 Å². The molecule has 0 saturated carbocycles. The minimum absolute atomic E-state index is 0.144. The third-order valence-electron chi connectivity index (χ3n) is 4.21. The molecule has 2 unspecified atom stereocenters. The number of thiazole rings is 1. The van der Waals surface area contributed by atoms with Gasteiger partial charge in [0.25, 0.3) is 0 Å². The van der Waals surface area contributed by atoms with Gasteiger partial charge in [-0.05, 0) is 32.6 Å². The zero-order chi connectivity index (χ0) is 14.1. The van der Waals surface area contributed by atoms with Crippen molar-refractivity contribution in [3.8, 4) is 0 Å². The lowest BCUT2D eigenvalue weighted by atomic mass is 10.00. The van der Waals surface area contributed by atoms with Gasteiger partial charge in [-0.25, -0.2) is 9.78 Å². The van der Waals surface area contributed by atoms with Crippen LogP contribution in [-0.2, 0) is 11.3 Å². The monoisotopic (exact) mass is 296 g/mol. The number of aromatic nitrogens is 1. The first-order chi connectivity index (χ1) is 9.67. The highest BCUT2D eigenvalue weighted by molar-refractivity contribution is 7.11. The molecule has 6 heteroatoms. The zero-order valence-electron chi connectivity index (χ0n) is 11.6. The van der Waals surface area contributed by atoms with E-state index in [0.717, 1.165) is 37.9 Å². The molecular formula is C14H20N2O3S. The van der Waals surface area contributed by atoms with Crippen LogP contribution in [0.4, 0.5) is 0 Å². The van der Waals surface area contributed by atoms with Gasteiger partial charge in [0.1, 0.15) is 0 Å². The molecule has 110 valence electrons. The van der Waals surface area contributed by atoms with E-state index in [9.17, 15) is 9.90 Å². The number of carbonyl (C=O) groups is 1. The molecular weight excluding hydrogens is 276 g/mol. The van der Waals surface area contributed by atoms with E-state index in [2.05, 4.69) is 9.88 Å². The lowest BCUT2D eigenvalue weighted by molar-refractivity contribution is 0.0304. The molecule has 2 bridgehead atoms.